The lowest BCUT2D eigenvalue weighted by molar-refractivity contribution is -0.274. The molecule has 1 aromatic rings. The van der Waals surface area contributed by atoms with Crippen LogP contribution in [0, 0.1) is 17.6 Å². The second kappa shape index (κ2) is 8.34. The SMILES string of the molecule is COC(=O)[C@H]1O[C@@](C)(C(F)(F)F)[C@@H](C)[C@H]1c1cc(B2OC(C)(C)C(C)(C)O2)c(F)c(F)c1OC. The molecule has 2 aliphatic rings. The van der Waals surface area contributed by atoms with Gasteiger partial charge in [-0.15, -0.1) is 0 Å². The molecule has 0 unspecified atom stereocenters. The van der Waals surface area contributed by atoms with Gasteiger partial charge in [0.1, 0.15) is 0 Å². The molecule has 2 aliphatic heterocycles. The third-order valence-corrected chi connectivity index (χ3v) is 7.39. The van der Waals surface area contributed by atoms with Gasteiger partial charge in [0.05, 0.1) is 25.4 Å². The first kappa shape index (κ1) is 26.7. The fraction of sp³-hybridized carbons (Fsp3) is 0.682. The quantitative estimate of drug-likeness (QED) is 0.360. The summed E-state index contributed by atoms with van der Waals surface area (Å²) in [4.78, 5) is 12.4. The zero-order valence-electron chi connectivity index (χ0n) is 20.2. The molecule has 2 heterocycles. The van der Waals surface area contributed by atoms with Gasteiger partial charge in [-0.05, 0) is 34.6 Å². The standard InChI is InChI=1S/C22H28BF5O6/c1-10-13(17(18(29)31-8)32-21(10,6)22(26,27)28)11-9-12(14(24)15(25)16(11)30-7)23-33-19(2,3)20(4,5)34-23/h9-10,13,17H,1-8H3/t10-,13-,17-,21+/m0/s1. The Morgan fingerprint density at radius 1 is 1.03 bits per heavy atom. The van der Waals surface area contributed by atoms with Crippen LogP contribution in [0.1, 0.15) is 53.0 Å². The van der Waals surface area contributed by atoms with Crippen molar-refractivity contribution < 1.29 is 50.3 Å². The third kappa shape index (κ3) is 3.87. The van der Waals surface area contributed by atoms with E-state index >= 15 is 8.78 Å². The van der Waals surface area contributed by atoms with Gasteiger partial charge in [0.25, 0.3) is 0 Å². The largest absolute Gasteiger partial charge is 0.497 e. The third-order valence-electron chi connectivity index (χ3n) is 7.39. The zero-order valence-corrected chi connectivity index (χ0v) is 20.2. The molecular formula is C22H28BF5O6. The highest BCUT2D eigenvalue weighted by Crippen LogP contribution is 2.55. The molecule has 3 rings (SSSR count). The Kier molecular flexibility index (Phi) is 6.55. The minimum atomic E-state index is -4.87. The average Bonchev–Trinajstić information content (AvgIpc) is 3.12. The summed E-state index contributed by atoms with van der Waals surface area (Å²) in [7, 11) is 0.689. The fourth-order valence-corrected chi connectivity index (χ4v) is 4.36. The Bertz CT molecular complexity index is 966. The van der Waals surface area contributed by atoms with Gasteiger partial charge >= 0.3 is 19.3 Å². The van der Waals surface area contributed by atoms with E-state index in [1.54, 1.807) is 27.7 Å². The second-order valence-corrected chi connectivity index (χ2v) is 9.79. The van der Waals surface area contributed by atoms with Crippen LogP contribution < -0.4 is 10.2 Å². The summed E-state index contributed by atoms with van der Waals surface area (Å²) in [6, 6.07) is 1.11. The Morgan fingerprint density at radius 3 is 2.00 bits per heavy atom. The lowest BCUT2D eigenvalue weighted by Crippen LogP contribution is -2.47. The van der Waals surface area contributed by atoms with Crippen molar-refractivity contribution in [2.75, 3.05) is 14.2 Å². The lowest BCUT2D eigenvalue weighted by atomic mass is 9.72. The number of benzene rings is 1. The van der Waals surface area contributed by atoms with Gasteiger partial charge < -0.3 is 23.5 Å². The van der Waals surface area contributed by atoms with E-state index < -0.39 is 71.4 Å². The van der Waals surface area contributed by atoms with Crippen molar-refractivity contribution in [3.8, 4) is 5.75 Å². The number of hydrogen-bond acceptors (Lipinski definition) is 6. The van der Waals surface area contributed by atoms with E-state index in [0.29, 0.717) is 0 Å². The number of carbonyl (C=O) groups excluding carboxylic acids is 1. The molecule has 0 aliphatic carbocycles. The summed E-state index contributed by atoms with van der Waals surface area (Å²) < 4.78 is 98.8. The zero-order chi connectivity index (χ0) is 26.0. The molecule has 190 valence electrons. The number of halogens is 5. The van der Waals surface area contributed by atoms with Crippen molar-refractivity contribution in [2.24, 2.45) is 5.92 Å². The molecule has 0 N–H and O–H groups in total. The van der Waals surface area contributed by atoms with Crippen LogP contribution in [0.4, 0.5) is 22.0 Å². The predicted molar refractivity (Wildman–Crippen MR) is 112 cm³/mol. The van der Waals surface area contributed by atoms with Gasteiger partial charge in [-0.2, -0.15) is 17.6 Å². The van der Waals surface area contributed by atoms with Crippen LogP contribution in [0.3, 0.4) is 0 Å². The van der Waals surface area contributed by atoms with Gasteiger partial charge in [0.2, 0.25) is 5.82 Å². The number of esters is 1. The predicted octanol–water partition coefficient (Wildman–Crippen LogP) is 3.89. The van der Waals surface area contributed by atoms with Crippen molar-refractivity contribution in [3.05, 3.63) is 23.3 Å². The second-order valence-electron chi connectivity index (χ2n) is 9.79. The summed E-state index contributed by atoms with van der Waals surface area (Å²) in [5.41, 5.74) is -5.12. The highest BCUT2D eigenvalue weighted by Gasteiger charge is 2.66. The molecule has 2 fully saturated rings. The molecule has 4 atom stereocenters. The van der Waals surface area contributed by atoms with Crippen molar-refractivity contribution in [3.63, 3.8) is 0 Å². The minimum absolute atomic E-state index is 0.193. The molecule has 0 aromatic heterocycles. The Labute approximate surface area is 195 Å². The molecule has 0 saturated carbocycles. The topological polar surface area (TPSA) is 63.2 Å². The number of rotatable bonds is 4. The molecule has 6 nitrogen and oxygen atoms in total. The maximum absolute atomic E-state index is 15.2. The van der Waals surface area contributed by atoms with Crippen LogP contribution in [-0.2, 0) is 23.6 Å². The van der Waals surface area contributed by atoms with E-state index in [4.69, 9.17) is 18.8 Å². The number of ether oxygens (including phenoxy) is 3. The molecular weight excluding hydrogens is 466 g/mol. The summed E-state index contributed by atoms with van der Waals surface area (Å²) in [5, 5.41) is 0. The van der Waals surface area contributed by atoms with E-state index in [0.717, 1.165) is 27.2 Å². The molecule has 0 bridgehead atoms. The highest BCUT2D eigenvalue weighted by molar-refractivity contribution is 6.62. The molecule has 34 heavy (non-hydrogen) atoms. The first-order valence-electron chi connectivity index (χ1n) is 10.7. The van der Waals surface area contributed by atoms with Gasteiger partial charge in [-0.3, -0.25) is 0 Å². The van der Waals surface area contributed by atoms with E-state index in [1.807, 2.05) is 0 Å². The fourth-order valence-electron chi connectivity index (χ4n) is 4.36. The van der Waals surface area contributed by atoms with Crippen molar-refractivity contribution in [1.29, 1.82) is 0 Å². The van der Waals surface area contributed by atoms with Crippen LogP contribution in [0.25, 0.3) is 0 Å². The lowest BCUT2D eigenvalue weighted by Gasteiger charge is -2.32. The summed E-state index contributed by atoms with van der Waals surface area (Å²) in [6.07, 6.45) is -6.62. The molecule has 1 aromatic carbocycles. The van der Waals surface area contributed by atoms with Crippen LogP contribution in [0.5, 0.6) is 5.75 Å². The number of hydrogen-bond donors (Lipinski definition) is 0. The first-order chi connectivity index (χ1) is 15.4. The first-order valence-corrected chi connectivity index (χ1v) is 10.7. The van der Waals surface area contributed by atoms with E-state index in [-0.39, 0.29) is 11.0 Å². The molecule has 12 heteroatoms. The molecule has 0 spiro atoms. The summed E-state index contributed by atoms with van der Waals surface area (Å²) in [6.45, 7) is 8.86. The van der Waals surface area contributed by atoms with Gasteiger partial charge in [-0.1, -0.05) is 13.0 Å². The Balaban J connectivity index is 2.22. The van der Waals surface area contributed by atoms with E-state index in [9.17, 15) is 18.0 Å². The molecule has 0 amide bonds. The smallest absolute Gasteiger partial charge is 0.493 e. The highest BCUT2D eigenvalue weighted by atomic mass is 19.4. The van der Waals surface area contributed by atoms with Crippen molar-refractivity contribution >= 4 is 18.6 Å². The van der Waals surface area contributed by atoms with E-state index in [2.05, 4.69) is 4.74 Å². The number of methoxy groups -OCH3 is 2. The number of carbonyl (C=O) groups is 1. The molecule has 0 radical (unpaired) electrons. The van der Waals surface area contributed by atoms with Crippen molar-refractivity contribution in [2.45, 2.75) is 76.5 Å². The van der Waals surface area contributed by atoms with Crippen LogP contribution in [0.15, 0.2) is 6.07 Å². The Hall–Kier alpha value is -1.92. The normalized spacial score (nSPS) is 30.5. The number of alkyl halides is 3. The van der Waals surface area contributed by atoms with Gasteiger partial charge in [-0.25, -0.2) is 9.18 Å². The summed E-state index contributed by atoms with van der Waals surface area (Å²) in [5.74, 6) is -7.29. The van der Waals surface area contributed by atoms with Gasteiger partial charge in [0, 0.05) is 22.9 Å². The maximum atomic E-state index is 15.2. The van der Waals surface area contributed by atoms with Crippen LogP contribution >= 0.6 is 0 Å². The van der Waals surface area contributed by atoms with Crippen LogP contribution in [0.2, 0.25) is 0 Å². The van der Waals surface area contributed by atoms with Gasteiger partial charge in [0.15, 0.2) is 23.3 Å². The summed E-state index contributed by atoms with van der Waals surface area (Å²) >= 11 is 0. The van der Waals surface area contributed by atoms with E-state index in [1.165, 1.54) is 6.92 Å². The average molecular weight is 494 g/mol. The maximum Gasteiger partial charge on any atom is 0.497 e. The van der Waals surface area contributed by atoms with Crippen molar-refractivity contribution in [1.82, 2.24) is 0 Å². The monoisotopic (exact) mass is 494 g/mol. The molecule has 2 saturated heterocycles. The van der Waals surface area contributed by atoms with Crippen LogP contribution in [-0.4, -0.2) is 56.4 Å². The minimum Gasteiger partial charge on any atom is -0.493 e. The Morgan fingerprint density at radius 2 is 1.56 bits per heavy atom.